The third-order valence-electron chi connectivity index (χ3n) is 2.71. The van der Waals surface area contributed by atoms with E-state index in [2.05, 4.69) is 9.46 Å². The van der Waals surface area contributed by atoms with Gasteiger partial charge in [0, 0.05) is 5.69 Å². The molecule has 0 aromatic heterocycles. The van der Waals surface area contributed by atoms with E-state index >= 15 is 0 Å². The van der Waals surface area contributed by atoms with Crippen LogP contribution in [0.4, 0.5) is 14.5 Å². The van der Waals surface area contributed by atoms with Crippen molar-refractivity contribution in [1.29, 1.82) is 0 Å². The number of sulfonamides is 1. The molecule has 2 aromatic carbocycles. The molecule has 6 nitrogen and oxygen atoms in total. The molecular formula is C14H10F2NO5S-. The second kappa shape index (κ2) is 6.61. The summed E-state index contributed by atoms with van der Waals surface area (Å²) in [5, 5.41) is 10.8. The second-order valence-corrected chi connectivity index (χ2v) is 6.01. The van der Waals surface area contributed by atoms with Gasteiger partial charge in [-0.2, -0.15) is 8.78 Å². The lowest BCUT2D eigenvalue weighted by Gasteiger charge is -2.10. The normalized spacial score (nSPS) is 11.3. The van der Waals surface area contributed by atoms with Crippen LogP contribution in [0, 0.1) is 0 Å². The fraction of sp³-hybridized carbons (Fsp3) is 0.0714. The molecule has 0 aliphatic carbocycles. The number of hydrogen-bond acceptors (Lipinski definition) is 5. The Morgan fingerprint density at radius 1 is 1.13 bits per heavy atom. The Balaban J connectivity index is 2.21. The SMILES string of the molecule is O=C([O-])c1cccc(S(=O)(=O)Nc2ccc(OC(F)F)cc2)c1. The Morgan fingerprint density at radius 2 is 1.78 bits per heavy atom. The number of carboxylic acid groups (broad SMARTS) is 1. The van der Waals surface area contributed by atoms with Crippen LogP contribution in [0.25, 0.3) is 0 Å². The monoisotopic (exact) mass is 342 g/mol. The number of alkyl halides is 2. The highest BCUT2D eigenvalue weighted by atomic mass is 32.2. The molecule has 0 bridgehead atoms. The van der Waals surface area contributed by atoms with Gasteiger partial charge in [0.25, 0.3) is 10.0 Å². The first-order valence-electron chi connectivity index (χ1n) is 6.17. The van der Waals surface area contributed by atoms with E-state index in [1.165, 1.54) is 42.5 Å². The molecule has 2 aromatic rings. The molecule has 9 heteroatoms. The van der Waals surface area contributed by atoms with E-state index in [4.69, 9.17) is 0 Å². The van der Waals surface area contributed by atoms with Gasteiger partial charge >= 0.3 is 6.61 Å². The largest absolute Gasteiger partial charge is 0.545 e. The zero-order valence-electron chi connectivity index (χ0n) is 11.4. The van der Waals surface area contributed by atoms with E-state index in [-0.39, 0.29) is 21.9 Å². The summed E-state index contributed by atoms with van der Waals surface area (Å²) in [5.41, 5.74) is -0.181. The van der Waals surface area contributed by atoms with Crippen molar-refractivity contribution in [3.63, 3.8) is 0 Å². The highest BCUT2D eigenvalue weighted by Crippen LogP contribution is 2.21. The molecule has 0 heterocycles. The summed E-state index contributed by atoms with van der Waals surface area (Å²) < 4.78 is 54.7. The molecule has 0 radical (unpaired) electrons. The van der Waals surface area contributed by atoms with Crippen LogP contribution in [0.3, 0.4) is 0 Å². The van der Waals surface area contributed by atoms with Crippen LogP contribution >= 0.6 is 0 Å². The van der Waals surface area contributed by atoms with Gasteiger partial charge in [-0.25, -0.2) is 8.42 Å². The lowest BCUT2D eigenvalue weighted by Crippen LogP contribution is -2.23. The minimum absolute atomic E-state index is 0.102. The van der Waals surface area contributed by atoms with Gasteiger partial charge in [-0.15, -0.1) is 0 Å². The van der Waals surface area contributed by atoms with Crippen molar-refractivity contribution in [3.8, 4) is 5.75 Å². The van der Waals surface area contributed by atoms with Crippen LogP contribution in [-0.4, -0.2) is 21.0 Å². The van der Waals surface area contributed by atoms with Gasteiger partial charge in [-0.3, -0.25) is 4.72 Å². The molecule has 2 rings (SSSR count). The van der Waals surface area contributed by atoms with E-state index in [9.17, 15) is 27.1 Å². The number of aromatic carboxylic acids is 1. The van der Waals surface area contributed by atoms with Crippen LogP contribution in [0.15, 0.2) is 53.4 Å². The number of carbonyl (C=O) groups excluding carboxylic acids is 1. The number of carboxylic acids is 1. The van der Waals surface area contributed by atoms with Gasteiger partial charge in [0.1, 0.15) is 5.75 Å². The number of rotatable bonds is 6. The van der Waals surface area contributed by atoms with Crippen LogP contribution in [-0.2, 0) is 10.0 Å². The van der Waals surface area contributed by atoms with Gasteiger partial charge in [-0.05, 0) is 42.0 Å². The quantitative estimate of drug-likeness (QED) is 0.857. The van der Waals surface area contributed by atoms with E-state index in [0.717, 1.165) is 6.07 Å². The summed E-state index contributed by atoms with van der Waals surface area (Å²) in [4.78, 5) is 10.5. The summed E-state index contributed by atoms with van der Waals surface area (Å²) in [6.45, 7) is -2.98. The first-order valence-corrected chi connectivity index (χ1v) is 7.65. The van der Waals surface area contributed by atoms with Crippen LogP contribution in [0.1, 0.15) is 10.4 Å². The van der Waals surface area contributed by atoms with Gasteiger partial charge in [0.2, 0.25) is 0 Å². The van der Waals surface area contributed by atoms with Gasteiger partial charge in [0.15, 0.2) is 0 Å². The molecule has 0 amide bonds. The number of hydrogen-bond donors (Lipinski definition) is 1. The Bertz CT molecular complexity index is 806. The Hall–Kier alpha value is -2.68. The summed E-state index contributed by atoms with van der Waals surface area (Å²) in [7, 11) is -4.04. The average molecular weight is 342 g/mol. The molecular weight excluding hydrogens is 332 g/mol. The van der Waals surface area contributed by atoms with Gasteiger partial charge in [-0.1, -0.05) is 12.1 Å². The maximum atomic E-state index is 12.2. The molecule has 0 saturated carbocycles. The molecule has 122 valence electrons. The predicted molar refractivity (Wildman–Crippen MR) is 74.7 cm³/mol. The van der Waals surface area contributed by atoms with Crippen molar-refractivity contribution in [1.82, 2.24) is 0 Å². The molecule has 0 unspecified atom stereocenters. The minimum atomic E-state index is -4.04. The van der Waals surface area contributed by atoms with Crippen molar-refractivity contribution in [2.24, 2.45) is 0 Å². The Labute approximate surface area is 130 Å². The molecule has 23 heavy (non-hydrogen) atoms. The second-order valence-electron chi connectivity index (χ2n) is 4.32. The standard InChI is InChI=1S/C14H11F2NO5S/c15-14(16)22-11-6-4-10(5-7-11)17-23(20,21)12-3-1-2-9(8-12)13(18)19/h1-8,14,17H,(H,18,19)/p-1. The van der Waals surface area contributed by atoms with Gasteiger partial charge < -0.3 is 14.6 Å². The minimum Gasteiger partial charge on any atom is -0.545 e. The number of halogens is 2. The first-order chi connectivity index (χ1) is 10.8. The van der Waals surface area contributed by atoms with Crippen LogP contribution in [0.5, 0.6) is 5.75 Å². The lowest BCUT2D eigenvalue weighted by atomic mass is 10.2. The van der Waals surface area contributed by atoms with E-state index in [1.807, 2.05) is 0 Å². The van der Waals surface area contributed by atoms with Crippen molar-refractivity contribution in [3.05, 3.63) is 54.1 Å². The van der Waals surface area contributed by atoms with Crippen molar-refractivity contribution < 1.29 is 31.8 Å². The number of ether oxygens (including phenoxy) is 1. The number of anilines is 1. The number of benzene rings is 2. The fourth-order valence-electron chi connectivity index (χ4n) is 1.71. The molecule has 0 saturated heterocycles. The third kappa shape index (κ3) is 4.39. The zero-order chi connectivity index (χ0) is 17.0. The predicted octanol–water partition coefficient (Wildman–Crippen LogP) is 1.45. The lowest BCUT2D eigenvalue weighted by molar-refractivity contribution is -0.255. The third-order valence-corrected chi connectivity index (χ3v) is 4.09. The maximum Gasteiger partial charge on any atom is 0.387 e. The topological polar surface area (TPSA) is 95.5 Å². The molecule has 0 aliphatic heterocycles. The highest BCUT2D eigenvalue weighted by molar-refractivity contribution is 7.92. The summed E-state index contributed by atoms with van der Waals surface area (Å²) in [6, 6.07) is 9.43. The fourth-order valence-corrected chi connectivity index (χ4v) is 2.81. The number of nitrogens with one attached hydrogen (secondary N) is 1. The number of carbonyl (C=O) groups is 1. The first kappa shape index (κ1) is 16.7. The van der Waals surface area contributed by atoms with Crippen molar-refractivity contribution in [2.75, 3.05) is 4.72 Å². The summed E-state index contributed by atoms with van der Waals surface area (Å²) in [5.74, 6) is -1.63. The Kier molecular flexibility index (Phi) is 4.80. The molecule has 0 spiro atoms. The van der Waals surface area contributed by atoms with Crippen LogP contribution < -0.4 is 14.6 Å². The molecule has 0 atom stereocenters. The van der Waals surface area contributed by atoms with E-state index in [0.29, 0.717) is 0 Å². The maximum absolute atomic E-state index is 12.2. The van der Waals surface area contributed by atoms with Crippen molar-refractivity contribution in [2.45, 2.75) is 11.5 Å². The van der Waals surface area contributed by atoms with Crippen molar-refractivity contribution >= 4 is 21.7 Å². The molecule has 1 N–H and O–H groups in total. The Morgan fingerprint density at radius 3 is 2.35 bits per heavy atom. The summed E-state index contributed by atoms with van der Waals surface area (Å²) in [6.07, 6.45) is 0. The summed E-state index contributed by atoms with van der Waals surface area (Å²) >= 11 is 0. The molecule has 0 aliphatic rings. The van der Waals surface area contributed by atoms with Crippen LogP contribution in [0.2, 0.25) is 0 Å². The molecule has 0 fully saturated rings. The highest BCUT2D eigenvalue weighted by Gasteiger charge is 2.15. The average Bonchev–Trinajstić information content (AvgIpc) is 2.48. The zero-order valence-corrected chi connectivity index (χ0v) is 12.2. The van der Waals surface area contributed by atoms with E-state index in [1.54, 1.807) is 0 Å². The smallest absolute Gasteiger partial charge is 0.387 e. The van der Waals surface area contributed by atoms with Gasteiger partial charge in [0.05, 0.1) is 10.9 Å². The van der Waals surface area contributed by atoms with E-state index < -0.39 is 22.6 Å².